The zero-order chi connectivity index (χ0) is 27.0. The number of sulfonamides is 1. The lowest BCUT2D eigenvalue weighted by molar-refractivity contribution is 0.313. The zero-order valence-electron chi connectivity index (χ0n) is 22.2. The smallest absolute Gasteiger partial charge is 0.229 e. The van der Waals surface area contributed by atoms with Crippen molar-refractivity contribution in [2.75, 3.05) is 68.1 Å². The third kappa shape index (κ3) is 5.54. The second kappa shape index (κ2) is 10.4. The van der Waals surface area contributed by atoms with Crippen molar-refractivity contribution >= 4 is 50.1 Å². The van der Waals surface area contributed by atoms with Crippen LogP contribution >= 0.6 is 0 Å². The van der Waals surface area contributed by atoms with Crippen molar-refractivity contribution in [3.05, 3.63) is 60.8 Å². The first kappa shape index (κ1) is 25.5. The summed E-state index contributed by atoms with van der Waals surface area (Å²) in [4.78, 5) is 18.9. The predicted molar refractivity (Wildman–Crippen MR) is 155 cm³/mol. The molecule has 0 amide bonds. The van der Waals surface area contributed by atoms with Gasteiger partial charge in [-0.05, 0) is 49.9 Å². The average molecular weight is 548 g/mol. The van der Waals surface area contributed by atoms with Crippen LogP contribution < -0.4 is 15.5 Å². The summed E-state index contributed by atoms with van der Waals surface area (Å²) in [6.45, 7) is 4.99. The minimum atomic E-state index is -3.29. The molecule has 4 aromatic rings. The normalized spacial score (nSPS) is 19.0. The summed E-state index contributed by atoms with van der Waals surface area (Å²) in [5.41, 5.74) is 4.28. The molecule has 0 saturated carbocycles. The molecule has 2 aromatic carbocycles. The standard InChI is InChI=1S/C27H33N9O2S/c1-33-14-16-34(17-15-33)22-10-8-21(9-11-22)29-26-28-18-24-25(32-26)36(23-12-13-35(19-23)39(2,37)38)27(31-24)30-20-6-4-3-5-7-20/h3-11,18,23H,12-17,19H2,1-2H3,(H,30,31)(H,28,29,32)/t23-/m0/s1. The molecule has 2 saturated heterocycles. The van der Waals surface area contributed by atoms with Crippen LogP contribution in [-0.2, 0) is 10.0 Å². The number of aromatic nitrogens is 4. The molecule has 0 spiro atoms. The van der Waals surface area contributed by atoms with E-state index in [1.54, 1.807) is 6.20 Å². The summed E-state index contributed by atoms with van der Waals surface area (Å²) in [6.07, 6.45) is 3.63. The van der Waals surface area contributed by atoms with Crippen molar-refractivity contribution in [2.24, 2.45) is 0 Å². The molecule has 2 aliphatic heterocycles. The first-order chi connectivity index (χ1) is 18.8. The molecule has 2 N–H and O–H groups in total. The summed E-state index contributed by atoms with van der Waals surface area (Å²) in [7, 11) is -1.13. The van der Waals surface area contributed by atoms with Crippen LogP contribution in [0.25, 0.3) is 11.2 Å². The van der Waals surface area contributed by atoms with Gasteiger partial charge in [-0.15, -0.1) is 0 Å². The van der Waals surface area contributed by atoms with E-state index in [2.05, 4.69) is 44.6 Å². The lowest BCUT2D eigenvalue weighted by Gasteiger charge is -2.34. The Morgan fingerprint density at radius 3 is 2.28 bits per heavy atom. The Labute approximate surface area is 228 Å². The van der Waals surface area contributed by atoms with E-state index < -0.39 is 10.0 Å². The molecule has 11 nitrogen and oxygen atoms in total. The molecule has 0 unspecified atom stereocenters. The van der Waals surface area contributed by atoms with Crippen molar-refractivity contribution in [3.63, 3.8) is 0 Å². The van der Waals surface area contributed by atoms with Gasteiger partial charge in [0.05, 0.1) is 18.5 Å². The number of benzene rings is 2. The van der Waals surface area contributed by atoms with Gasteiger partial charge >= 0.3 is 0 Å². The van der Waals surface area contributed by atoms with Gasteiger partial charge in [0.1, 0.15) is 5.52 Å². The van der Waals surface area contributed by atoms with Gasteiger partial charge < -0.3 is 20.4 Å². The molecule has 6 rings (SSSR count). The number of fused-ring (bicyclic) bond motifs is 1. The fourth-order valence-corrected chi connectivity index (χ4v) is 6.09. The van der Waals surface area contributed by atoms with E-state index in [9.17, 15) is 8.42 Å². The average Bonchev–Trinajstić information content (AvgIpc) is 3.55. The Morgan fingerprint density at radius 1 is 0.872 bits per heavy atom. The maximum atomic E-state index is 12.2. The summed E-state index contributed by atoms with van der Waals surface area (Å²) in [5.74, 6) is 1.07. The largest absolute Gasteiger partial charge is 0.369 e. The fraction of sp³-hybridized carbons (Fsp3) is 0.370. The number of nitrogens with one attached hydrogen (secondary N) is 2. The Bertz CT molecular complexity index is 1550. The van der Waals surface area contributed by atoms with E-state index in [4.69, 9.17) is 9.97 Å². The van der Waals surface area contributed by atoms with Gasteiger partial charge in [-0.3, -0.25) is 4.57 Å². The zero-order valence-corrected chi connectivity index (χ0v) is 23.0. The van der Waals surface area contributed by atoms with E-state index in [1.807, 2.05) is 47.0 Å². The highest BCUT2D eigenvalue weighted by molar-refractivity contribution is 7.88. The maximum absolute atomic E-state index is 12.2. The number of imidazole rings is 1. The van der Waals surface area contributed by atoms with E-state index in [0.29, 0.717) is 42.6 Å². The molecule has 2 aromatic heterocycles. The van der Waals surface area contributed by atoms with Gasteiger partial charge in [-0.1, -0.05) is 18.2 Å². The Morgan fingerprint density at radius 2 is 1.59 bits per heavy atom. The van der Waals surface area contributed by atoms with Crippen LogP contribution in [-0.4, -0.2) is 89.7 Å². The van der Waals surface area contributed by atoms with Crippen LogP contribution in [0.4, 0.5) is 29.0 Å². The minimum Gasteiger partial charge on any atom is -0.369 e. The first-order valence-corrected chi connectivity index (χ1v) is 15.0. The van der Waals surface area contributed by atoms with Crippen LogP contribution in [0.1, 0.15) is 12.5 Å². The lowest BCUT2D eigenvalue weighted by atomic mass is 10.2. The van der Waals surface area contributed by atoms with E-state index in [1.165, 1.54) is 16.2 Å². The summed E-state index contributed by atoms with van der Waals surface area (Å²) in [6, 6.07) is 18.0. The van der Waals surface area contributed by atoms with Gasteiger partial charge in [-0.25, -0.2) is 22.7 Å². The molecule has 0 aliphatic carbocycles. The highest BCUT2D eigenvalue weighted by Crippen LogP contribution is 2.32. The number of rotatable bonds is 7. The van der Waals surface area contributed by atoms with Crippen LogP contribution in [0, 0.1) is 0 Å². The summed E-state index contributed by atoms with van der Waals surface area (Å²) in [5, 5.41) is 6.72. The van der Waals surface area contributed by atoms with Crippen LogP contribution in [0.15, 0.2) is 60.8 Å². The van der Waals surface area contributed by atoms with Gasteiger partial charge in [0.25, 0.3) is 0 Å². The summed E-state index contributed by atoms with van der Waals surface area (Å²) < 4.78 is 28.0. The highest BCUT2D eigenvalue weighted by Gasteiger charge is 2.32. The Kier molecular flexibility index (Phi) is 6.83. The molecule has 2 aliphatic rings. The number of nitrogens with zero attached hydrogens (tertiary/aromatic N) is 7. The third-order valence-electron chi connectivity index (χ3n) is 7.41. The number of anilines is 5. The second-order valence-electron chi connectivity index (χ2n) is 10.2. The first-order valence-electron chi connectivity index (χ1n) is 13.2. The van der Waals surface area contributed by atoms with Gasteiger partial charge in [0, 0.05) is 56.3 Å². The lowest BCUT2D eigenvalue weighted by Crippen LogP contribution is -2.44. The molecule has 4 heterocycles. The maximum Gasteiger partial charge on any atom is 0.229 e. The monoisotopic (exact) mass is 547 g/mol. The molecule has 2 fully saturated rings. The van der Waals surface area contributed by atoms with E-state index in [-0.39, 0.29) is 6.04 Å². The fourth-order valence-electron chi connectivity index (χ4n) is 5.21. The minimum absolute atomic E-state index is 0.110. The third-order valence-corrected chi connectivity index (χ3v) is 8.68. The number of piperazine rings is 1. The van der Waals surface area contributed by atoms with Crippen LogP contribution in [0.3, 0.4) is 0 Å². The van der Waals surface area contributed by atoms with E-state index >= 15 is 0 Å². The van der Waals surface area contributed by atoms with Crippen molar-refractivity contribution < 1.29 is 8.42 Å². The molecule has 39 heavy (non-hydrogen) atoms. The van der Waals surface area contributed by atoms with E-state index in [0.717, 1.165) is 37.6 Å². The highest BCUT2D eigenvalue weighted by atomic mass is 32.2. The molecule has 1 atom stereocenters. The van der Waals surface area contributed by atoms with Gasteiger partial charge in [0.15, 0.2) is 5.65 Å². The number of likely N-dealkylation sites (N-methyl/N-ethyl adjacent to an activating group) is 1. The van der Waals surface area contributed by atoms with Gasteiger partial charge in [-0.2, -0.15) is 4.98 Å². The SMILES string of the molecule is CN1CCN(c2ccc(Nc3ncc4nc(Nc5ccccc5)n([C@H]5CCN(S(C)(=O)=O)C5)c4n3)cc2)CC1. The number of hydrogen-bond donors (Lipinski definition) is 2. The van der Waals surface area contributed by atoms with Crippen LogP contribution in [0.5, 0.6) is 0 Å². The summed E-state index contributed by atoms with van der Waals surface area (Å²) >= 11 is 0. The predicted octanol–water partition coefficient (Wildman–Crippen LogP) is 3.27. The van der Waals surface area contributed by atoms with Crippen molar-refractivity contribution in [3.8, 4) is 0 Å². The second-order valence-corrected chi connectivity index (χ2v) is 12.2. The Balaban J connectivity index is 1.29. The molecule has 204 valence electrons. The molecular formula is C27H33N9O2S. The Hall–Kier alpha value is -3.74. The molecule has 0 radical (unpaired) electrons. The van der Waals surface area contributed by atoms with Gasteiger partial charge in [0.2, 0.25) is 21.9 Å². The molecule has 0 bridgehead atoms. The van der Waals surface area contributed by atoms with Crippen molar-refractivity contribution in [1.29, 1.82) is 0 Å². The van der Waals surface area contributed by atoms with Crippen LogP contribution in [0.2, 0.25) is 0 Å². The molecule has 12 heteroatoms. The quantitative estimate of drug-likeness (QED) is 0.360. The van der Waals surface area contributed by atoms with Crippen molar-refractivity contribution in [2.45, 2.75) is 12.5 Å². The molecular weight excluding hydrogens is 514 g/mol. The van der Waals surface area contributed by atoms with Crippen molar-refractivity contribution in [1.82, 2.24) is 28.7 Å². The number of hydrogen-bond acceptors (Lipinski definition) is 9. The number of para-hydroxylation sites is 1. The topological polar surface area (TPSA) is 112 Å².